The minimum absolute atomic E-state index is 0.0448. The molecule has 74 valence electrons. The van der Waals surface area contributed by atoms with Gasteiger partial charge in [0.2, 0.25) is 5.91 Å². The Morgan fingerprint density at radius 2 is 2.07 bits per heavy atom. The van der Waals surface area contributed by atoms with Crippen LogP contribution in [-0.2, 0) is 4.79 Å². The number of carbonyl (C=O) groups excluding carboxylic acids is 1. The summed E-state index contributed by atoms with van der Waals surface area (Å²) in [5.74, 6) is 0.0448. The molecule has 1 aliphatic heterocycles. The molecule has 0 bridgehead atoms. The second-order valence-corrected chi connectivity index (χ2v) is 3.82. The first-order valence-corrected chi connectivity index (χ1v) is 4.90. The number of amides is 1. The first kappa shape index (κ1) is 9.77. The second-order valence-electron chi connectivity index (χ2n) is 3.01. The van der Waals surface area contributed by atoms with Gasteiger partial charge < -0.3 is 0 Å². The van der Waals surface area contributed by atoms with Crippen molar-refractivity contribution in [1.29, 1.82) is 0 Å². The van der Waals surface area contributed by atoms with Crippen LogP contribution in [-0.4, -0.2) is 19.1 Å². The molecule has 0 atom stereocenters. The molecule has 3 nitrogen and oxygen atoms in total. The van der Waals surface area contributed by atoms with Crippen molar-refractivity contribution in [1.82, 2.24) is 5.32 Å². The lowest BCUT2D eigenvalue weighted by Crippen LogP contribution is -2.25. The van der Waals surface area contributed by atoms with Crippen molar-refractivity contribution in [2.75, 3.05) is 18.1 Å². The van der Waals surface area contributed by atoms with Crippen LogP contribution in [0.4, 0.5) is 5.69 Å². The van der Waals surface area contributed by atoms with Crippen molar-refractivity contribution >= 4 is 34.8 Å². The van der Waals surface area contributed by atoms with Crippen LogP contribution < -0.4 is 10.2 Å². The number of rotatable bonds is 1. The largest absolute Gasteiger partial charge is 0.298 e. The number of hydrogen-bond acceptors (Lipinski definition) is 2. The van der Waals surface area contributed by atoms with Gasteiger partial charge in [0.05, 0.1) is 23.3 Å². The van der Waals surface area contributed by atoms with E-state index >= 15 is 0 Å². The summed E-state index contributed by atoms with van der Waals surface area (Å²) in [5, 5.41) is 3.91. The molecule has 14 heavy (non-hydrogen) atoms. The normalized spacial score (nSPS) is 16.4. The van der Waals surface area contributed by atoms with Crippen molar-refractivity contribution in [3.05, 3.63) is 28.2 Å². The van der Waals surface area contributed by atoms with Gasteiger partial charge in [-0.25, -0.2) is 0 Å². The molecule has 1 aromatic rings. The van der Waals surface area contributed by atoms with E-state index in [-0.39, 0.29) is 5.91 Å². The van der Waals surface area contributed by atoms with Crippen molar-refractivity contribution in [2.45, 2.75) is 0 Å². The Bertz CT molecular complexity index is 381. The molecule has 0 spiro atoms. The van der Waals surface area contributed by atoms with Gasteiger partial charge in [0.25, 0.3) is 0 Å². The lowest BCUT2D eigenvalue weighted by Gasteiger charge is -2.14. The summed E-state index contributed by atoms with van der Waals surface area (Å²) in [6, 6.07) is 5.15. The smallest absolute Gasteiger partial charge is 0.242 e. The highest BCUT2D eigenvalue weighted by Gasteiger charge is 2.21. The molecule has 0 radical (unpaired) electrons. The lowest BCUT2D eigenvalue weighted by molar-refractivity contribution is -0.116. The molecule has 2 rings (SSSR count). The Morgan fingerprint density at radius 1 is 1.29 bits per heavy atom. The van der Waals surface area contributed by atoms with Gasteiger partial charge >= 0.3 is 0 Å². The van der Waals surface area contributed by atoms with E-state index in [1.54, 1.807) is 23.1 Å². The third kappa shape index (κ3) is 1.71. The average molecular weight is 231 g/mol. The van der Waals surface area contributed by atoms with Crippen LogP contribution in [0.15, 0.2) is 18.2 Å². The maximum absolute atomic E-state index is 11.4. The quantitative estimate of drug-likeness (QED) is 0.800. The van der Waals surface area contributed by atoms with E-state index in [4.69, 9.17) is 23.2 Å². The fourth-order valence-electron chi connectivity index (χ4n) is 1.35. The highest BCUT2D eigenvalue weighted by atomic mass is 35.5. The highest BCUT2D eigenvalue weighted by molar-refractivity contribution is 6.42. The summed E-state index contributed by atoms with van der Waals surface area (Å²) in [4.78, 5) is 13.0. The maximum Gasteiger partial charge on any atom is 0.242 e. The Labute approximate surface area is 91.6 Å². The van der Waals surface area contributed by atoms with Crippen LogP contribution in [0.1, 0.15) is 0 Å². The molecule has 5 heteroatoms. The SMILES string of the molecule is O=C1CNCN1c1ccc(Cl)c(Cl)c1. The van der Waals surface area contributed by atoms with Crippen LogP contribution in [0, 0.1) is 0 Å². The fraction of sp³-hybridized carbons (Fsp3) is 0.222. The Morgan fingerprint density at radius 3 is 2.64 bits per heavy atom. The predicted molar refractivity (Wildman–Crippen MR) is 56.8 cm³/mol. The van der Waals surface area contributed by atoms with Crippen LogP contribution in [0.3, 0.4) is 0 Å². The first-order chi connectivity index (χ1) is 6.68. The molecular weight excluding hydrogens is 223 g/mol. The zero-order valence-corrected chi connectivity index (χ0v) is 8.77. The molecule has 0 saturated carbocycles. The molecular formula is C9H8Cl2N2O. The van der Waals surface area contributed by atoms with E-state index in [2.05, 4.69) is 5.32 Å². The monoisotopic (exact) mass is 230 g/mol. The Balaban J connectivity index is 2.32. The van der Waals surface area contributed by atoms with Gasteiger partial charge in [0.15, 0.2) is 0 Å². The molecule has 1 saturated heterocycles. The number of hydrogen-bond donors (Lipinski definition) is 1. The van der Waals surface area contributed by atoms with E-state index in [1.165, 1.54) is 0 Å². The van der Waals surface area contributed by atoms with Crippen LogP contribution in [0.25, 0.3) is 0 Å². The summed E-state index contributed by atoms with van der Waals surface area (Å²) < 4.78 is 0. The molecule has 1 fully saturated rings. The van der Waals surface area contributed by atoms with E-state index in [0.29, 0.717) is 23.3 Å². The molecule has 1 aliphatic rings. The number of anilines is 1. The molecule has 1 aromatic carbocycles. The van der Waals surface area contributed by atoms with Crippen molar-refractivity contribution in [3.8, 4) is 0 Å². The van der Waals surface area contributed by atoms with Gasteiger partial charge in [0, 0.05) is 5.69 Å². The molecule has 1 N–H and O–H groups in total. The molecule has 1 amide bonds. The minimum Gasteiger partial charge on any atom is -0.298 e. The van der Waals surface area contributed by atoms with Gasteiger partial charge in [-0.1, -0.05) is 23.2 Å². The lowest BCUT2D eigenvalue weighted by atomic mass is 10.3. The van der Waals surface area contributed by atoms with Gasteiger partial charge in [-0.05, 0) is 18.2 Å². The molecule has 1 heterocycles. The van der Waals surface area contributed by atoms with Crippen LogP contribution in [0.2, 0.25) is 10.0 Å². The van der Waals surface area contributed by atoms with Crippen molar-refractivity contribution in [3.63, 3.8) is 0 Å². The van der Waals surface area contributed by atoms with E-state index < -0.39 is 0 Å². The van der Waals surface area contributed by atoms with Gasteiger partial charge in [-0.15, -0.1) is 0 Å². The summed E-state index contributed by atoms with van der Waals surface area (Å²) in [6.45, 7) is 0.900. The van der Waals surface area contributed by atoms with Gasteiger partial charge in [-0.3, -0.25) is 15.0 Å². The zero-order valence-electron chi connectivity index (χ0n) is 7.26. The van der Waals surface area contributed by atoms with Gasteiger partial charge in [0.1, 0.15) is 0 Å². The van der Waals surface area contributed by atoms with Crippen LogP contribution in [0.5, 0.6) is 0 Å². The van der Waals surface area contributed by atoms with E-state index in [9.17, 15) is 4.79 Å². The summed E-state index contributed by atoms with van der Waals surface area (Å²) in [7, 11) is 0. The van der Waals surface area contributed by atoms with Gasteiger partial charge in [-0.2, -0.15) is 0 Å². The van der Waals surface area contributed by atoms with Crippen LogP contribution >= 0.6 is 23.2 Å². The number of carbonyl (C=O) groups is 1. The number of nitrogens with one attached hydrogen (secondary N) is 1. The first-order valence-electron chi connectivity index (χ1n) is 4.14. The summed E-state index contributed by atoms with van der Waals surface area (Å²) in [6.07, 6.45) is 0. The van der Waals surface area contributed by atoms with Crippen molar-refractivity contribution < 1.29 is 4.79 Å². The molecule has 0 aromatic heterocycles. The highest BCUT2D eigenvalue weighted by Crippen LogP contribution is 2.27. The Kier molecular flexibility index (Phi) is 2.63. The topological polar surface area (TPSA) is 32.3 Å². The third-order valence-electron chi connectivity index (χ3n) is 2.06. The van der Waals surface area contributed by atoms with E-state index in [1.807, 2.05) is 0 Å². The van der Waals surface area contributed by atoms with E-state index in [0.717, 1.165) is 5.69 Å². The minimum atomic E-state index is 0.0448. The standard InChI is InChI=1S/C9H8Cl2N2O/c10-7-2-1-6(3-8(7)11)13-5-12-4-9(13)14/h1-3,12H,4-5H2. The number of benzene rings is 1. The molecule has 0 aliphatic carbocycles. The number of halogens is 2. The predicted octanol–water partition coefficient (Wildman–Crippen LogP) is 1.89. The number of nitrogens with zero attached hydrogens (tertiary/aromatic N) is 1. The summed E-state index contributed by atoms with van der Waals surface area (Å²) >= 11 is 11.6. The molecule has 0 unspecified atom stereocenters. The summed E-state index contributed by atoms with van der Waals surface area (Å²) in [5.41, 5.74) is 0.773. The maximum atomic E-state index is 11.4. The Hall–Kier alpha value is -0.770. The fourth-order valence-corrected chi connectivity index (χ4v) is 1.64. The zero-order chi connectivity index (χ0) is 10.1. The second kappa shape index (κ2) is 3.77. The van der Waals surface area contributed by atoms with Crippen molar-refractivity contribution in [2.24, 2.45) is 0 Å². The average Bonchev–Trinajstić information content (AvgIpc) is 2.57. The third-order valence-corrected chi connectivity index (χ3v) is 2.80.